The monoisotopic (exact) mass is 287 g/mol. The average Bonchev–Trinajstić information content (AvgIpc) is 2.38. The van der Waals surface area contributed by atoms with Gasteiger partial charge in [-0.25, -0.2) is 18.2 Å². The number of aliphatic imine (C=N–C) groups is 1. The number of nitrogens with one attached hydrogen (secondary N) is 2. The van der Waals surface area contributed by atoms with Gasteiger partial charge in [-0.15, -0.1) is 0 Å². The number of nitrogens with zero attached hydrogens (tertiary/aromatic N) is 1. The van der Waals surface area contributed by atoms with Crippen LogP contribution in [0.25, 0.3) is 0 Å². The molecule has 0 spiro atoms. The van der Waals surface area contributed by atoms with Crippen molar-refractivity contribution >= 4 is 5.96 Å². The quantitative estimate of drug-likeness (QED) is 0.623. The fourth-order valence-corrected chi connectivity index (χ4v) is 1.76. The summed E-state index contributed by atoms with van der Waals surface area (Å²) in [5, 5.41) is 5.87. The highest BCUT2D eigenvalue weighted by atomic mass is 19.3. The van der Waals surface area contributed by atoms with Crippen molar-refractivity contribution in [1.29, 1.82) is 0 Å². The standard InChI is InChI=1S/C14H20F3N3/c1-3-18-14(20-9-13(16)17)19-7-6-11-4-5-12(15)8-10(11)2/h4-5,8,13H,3,6-7,9H2,1-2H3,(H2,18,19,20). The van der Waals surface area contributed by atoms with Crippen LogP contribution in [0.1, 0.15) is 18.1 Å². The highest BCUT2D eigenvalue weighted by Gasteiger charge is 2.04. The van der Waals surface area contributed by atoms with E-state index in [1.165, 1.54) is 12.1 Å². The molecule has 0 bridgehead atoms. The van der Waals surface area contributed by atoms with Gasteiger partial charge in [0.1, 0.15) is 12.4 Å². The van der Waals surface area contributed by atoms with Gasteiger partial charge in [0.05, 0.1) is 0 Å². The van der Waals surface area contributed by atoms with Gasteiger partial charge in [0.2, 0.25) is 0 Å². The molecule has 20 heavy (non-hydrogen) atoms. The Balaban J connectivity index is 2.49. The van der Waals surface area contributed by atoms with E-state index in [-0.39, 0.29) is 5.82 Å². The molecule has 0 saturated carbocycles. The molecule has 1 aromatic rings. The molecule has 0 radical (unpaired) electrons. The SMILES string of the molecule is CCNC(=NCC(F)F)NCCc1ccc(F)cc1C. The van der Waals surface area contributed by atoms with E-state index in [0.717, 1.165) is 11.1 Å². The van der Waals surface area contributed by atoms with E-state index in [9.17, 15) is 13.2 Å². The molecule has 112 valence electrons. The molecule has 2 N–H and O–H groups in total. The lowest BCUT2D eigenvalue weighted by molar-refractivity contribution is 0.158. The summed E-state index contributed by atoms with van der Waals surface area (Å²) < 4.78 is 37.2. The minimum Gasteiger partial charge on any atom is -0.357 e. The predicted octanol–water partition coefficient (Wildman–Crippen LogP) is 2.50. The molecule has 0 unspecified atom stereocenters. The van der Waals surface area contributed by atoms with Crippen molar-refractivity contribution in [3.8, 4) is 0 Å². The second-order valence-electron chi connectivity index (χ2n) is 4.36. The normalized spacial score (nSPS) is 11.8. The molecule has 0 heterocycles. The summed E-state index contributed by atoms with van der Waals surface area (Å²) in [5.41, 5.74) is 1.89. The number of halogens is 3. The maximum Gasteiger partial charge on any atom is 0.257 e. The minimum absolute atomic E-state index is 0.258. The molecule has 0 aliphatic carbocycles. The van der Waals surface area contributed by atoms with Gasteiger partial charge < -0.3 is 10.6 Å². The third kappa shape index (κ3) is 5.95. The summed E-state index contributed by atoms with van der Waals surface area (Å²) in [6.07, 6.45) is -1.78. The molecule has 0 aliphatic rings. The van der Waals surface area contributed by atoms with Crippen molar-refractivity contribution < 1.29 is 13.2 Å². The summed E-state index contributed by atoms with van der Waals surface area (Å²) in [4.78, 5) is 3.77. The van der Waals surface area contributed by atoms with Crippen LogP contribution in [0.15, 0.2) is 23.2 Å². The number of hydrogen-bond donors (Lipinski definition) is 2. The lowest BCUT2D eigenvalue weighted by atomic mass is 10.1. The molecule has 0 saturated heterocycles. The molecule has 0 aromatic heterocycles. The lowest BCUT2D eigenvalue weighted by Gasteiger charge is -2.12. The van der Waals surface area contributed by atoms with Crippen molar-refractivity contribution in [2.45, 2.75) is 26.7 Å². The first-order chi connectivity index (χ1) is 9.52. The number of aryl methyl sites for hydroxylation is 1. The number of benzene rings is 1. The van der Waals surface area contributed by atoms with Crippen LogP contribution in [0, 0.1) is 12.7 Å². The molecule has 0 atom stereocenters. The zero-order valence-electron chi connectivity index (χ0n) is 11.7. The van der Waals surface area contributed by atoms with Crippen molar-refractivity contribution in [2.24, 2.45) is 4.99 Å². The molecule has 0 aliphatic heterocycles. The zero-order valence-corrected chi connectivity index (χ0v) is 11.7. The first kappa shape index (κ1) is 16.3. The molecular weight excluding hydrogens is 267 g/mol. The summed E-state index contributed by atoms with van der Waals surface area (Å²) >= 11 is 0. The van der Waals surface area contributed by atoms with E-state index >= 15 is 0 Å². The maximum atomic E-state index is 13.0. The van der Waals surface area contributed by atoms with Gasteiger partial charge in [-0.1, -0.05) is 6.07 Å². The molecule has 0 amide bonds. The smallest absolute Gasteiger partial charge is 0.257 e. The minimum atomic E-state index is -2.45. The Kier molecular flexibility index (Phi) is 6.90. The number of hydrogen-bond acceptors (Lipinski definition) is 1. The molecular formula is C14H20F3N3. The van der Waals surface area contributed by atoms with Crippen LogP contribution in [0.4, 0.5) is 13.2 Å². The largest absolute Gasteiger partial charge is 0.357 e. The number of alkyl halides is 2. The van der Waals surface area contributed by atoms with Gasteiger partial charge in [0.25, 0.3) is 6.43 Å². The Labute approximate surface area is 117 Å². The van der Waals surface area contributed by atoms with Crippen LogP contribution >= 0.6 is 0 Å². The van der Waals surface area contributed by atoms with Gasteiger partial charge in [0.15, 0.2) is 5.96 Å². The Bertz CT molecular complexity index is 447. The lowest BCUT2D eigenvalue weighted by Crippen LogP contribution is -2.38. The van der Waals surface area contributed by atoms with Gasteiger partial charge in [-0.05, 0) is 43.5 Å². The highest BCUT2D eigenvalue weighted by Crippen LogP contribution is 2.10. The first-order valence-electron chi connectivity index (χ1n) is 6.58. The van der Waals surface area contributed by atoms with E-state index in [1.807, 2.05) is 13.8 Å². The van der Waals surface area contributed by atoms with Gasteiger partial charge in [-0.3, -0.25) is 0 Å². The Morgan fingerprint density at radius 1 is 1.30 bits per heavy atom. The first-order valence-corrected chi connectivity index (χ1v) is 6.58. The van der Waals surface area contributed by atoms with Crippen molar-refractivity contribution in [1.82, 2.24) is 10.6 Å². The van der Waals surface area contributed by atoms with Crippen LogP contribution in [0.5, 0.6) is 0 Å². The van der Waals surface area contributed by atoms with Gasteiger partial charge in [0, 0.05) is 13.1 Å². The fourth-order valence-electron chi connectivity index (χ4n) is 1.76. The number of rotatable bonds is 6. The van der Waals surface area contributed by atoms with Gasteiger partial charge in [-0.2, -0.15) is 0 Å². The summed E-state index contributed by atoms with van der Waals surface area (Å²) in [6.45, 7) is 4.33. The highest BCUT2D eigenvalue weighted by molar-refractivity contribution is 5.79. The summed E-state index contributed by atoms with van der Waals surface area (Å²) in [7, 11) is 0. The van der Waals surface area contributed by atoms with E-state index < -0.39 is 13.0 Å². The van der Waals surface area contributed by atoms with Crippen LogP contribution in [0.2, 0.25) is 0 Å². The van der Waals surface area contributed by atoms with Crippen molar-refractivity contribution in [3.63, 3.8) is 0 Å². The van der Waals surface area contributed by atoms with E-state index in [4.69, 9.17) is 0 Å². The molecule has 6 heteroatoms. The number of guanidine groups is 1. The molecule has 1 aromatic carbocycles. The topological polar surface area (TPSA) is 36.4 Å². The third-order valence-corrected chi connectivity index (χ3v) is 2.72. The summed E-state index contributed by atoms with van der Waals surface area (Å²) in [6, 6.07) is 4.62. The molecule has 1 rings (SSSR count). The Morgan fingerprint density at radius 3 is 2.65 bits per heavy atom. The predicted molar refractivity (Wildman–Crippen MR) is 74.8 cm³/mol. The second-order valence-corrected chi connectivity index (χ2v) is 4.36. The van der Waals surface area contributed by atoms with Crippen LogP contribution < -0.4 is 10.6 Å². The summed E-state index contributed by atoms with van der Waals surface area (Å²) in [5.74, 6) is 0.110. The van der Waals surface area contributed by atoms with E-state index in [0.29, 0.717) is 25.5 Å². The van der Waals surface area contributed by atoms with Crippen molar-refractivity contribution in [3.05, 3.63) is 35.1 Å². The second kappa shape index (κ2) is 8.45. The molecule has 3 nitrogen and oxygen atoms in total. The fraction of sp³-hybridized carbons (Fsp3) is 0.500. The Hall–Kier alpha value is -1.72. The maximum absolute atomic E-state index is 13.0. The van der Waals surface area contributed by atoms with Crippen molar-refractivity contribution in [2.75, 3.05) is 19.6 Å². The van der Waals surface area contributed by atoms with Crippen LogP contribution in [0.3, 0.4) is 0 Å². The van der Waals surface area contributed by atoms with Crippen LogP contribution in [-0.4, -0.2) is 32.0 Å². The van der Waals surface area contributed by atoms with E-state index in [2.05, 4.69) is 15.6 Å². The molecule has 0 fully saturated rings. The Morgan fingerprint density at radius 2 is 2.05 bits per heavy atom. The third-order valence-electron chi connectivity index (χ3n) is 2.72. The average molecular weight is 287 g/mol. The zero-order chi connectivity index (χ0) is 15.0. The van der Waals surface area contributed by atoms with E-state index in [1.54, 1.807) is 6.07 Å². The van der Waals surface area contributed by atoms with Gasteiger partial charge >= 0.3 is 0 Å². The van der Waals surface area contributed by atoms with Crippen LogP contribution in [-0.2, 0) is 6.42 Å².